The zero-order valence-corrected chi connectivity index (χ0v) is 40.1. The number of alkyl halides is 3. The smallest absolute Gasteiger partial charge is 0.309 e. The molecule has 346 valence electrons. The number of benzene rings is 10. The molecule has 0 aliphatic heterocycles. The van der Waals surface area contributed by atoms with Gasteiger partial charge in [0, 0.05) is 27.1 Å². The van der Waals surface area contributed by atoms with Crippen molar-refractivity contribution in [2.75, 3.05) is 0 Å². The van der Waals surface area contributed by atoms with Crippen molar-refractivity contribution >= 4 is 43.6 Å². The van der Waals surface area contributed by atoms with E-state index < -0.39 is 11.7 Å². The Hall–Kier alpha value is -8.92. The van der Waals surface area contributed by atoms with Crippen molar-refractivity contribution in [3.8, 4) is 73.1 Å². The quantitative estimate of drug-likeness (QED) is 0.157. The van der Waals surface area contributed by atoms with Crippen LogP contribution in [0.2, 0.25) is 0 Å². The molecule has 0 radical (unpaired) electrons. The van der Waals surface area contributed by atoms with Crippen molar-refractivity contribution < 1.29 is 13.2 Å². The largest absolute Gasteiger partial charge is 0.417 e. The number of nitriles is 1. The molecule has 0 saturated carbocycles. The summed E-state index contributed by atoms with van der Waals surface area (Å²) in [4.78, 5) is 0. The van der Waals surface area contributed by atoms with Crippen molar-refractivity contribution in [2.24, 2.45) is 0 Å². The average Bonchev–Trinajstić information content (AvgIpc) is 3.89. The van der Waals surface area contributed by atoms with Gasteiger partial charge in [-0.1, -0.05) is 186 Å². The summed E-state index contributed by atoms with van der Waals surface area (Å²) in [5, 5.41) is 15.3. The Balaban J connectivity index is 1.21. The van der Waals surface area contributed by atoms with Crippen molar-refractivity contribution in [2.45, 2.75) is 33.9 Å². The number of rotatable bonds is 7. The maximum atomic E-state index is 15.6. The highest BCUT2D eigenvalue weighted by Crippen LogP contribution is 2.46. The Labute approximate surface area is 415 Å². The minimum absolute atomic E-state index is 0.00609. The van der Waals surface area contributed by atoms with Crippen LogP contribution < -0.4 is 0 Å². The van der Waals surface area contributed by atoms with Gasteiger partial charge in [0.15, 0.2) is 0 Å². The van der Waals surface area contributed by atoms with E-state index in [9.17, 15) is 5.26 Å². The van der Waals surface area contributed by atoms with E-state index in [4.69, 9.17) is 0 Å². The topological polar surface area (TPSA) is 33.6 Å². The standard InChI is InChI=1S/C66H46F3N3/c1-40-9-17-44(18-10-40)48-25-29-54-55-30-26-49(45-19-11-41(2)12-20-45)34-62(55)71(61(54)33-48)60-38-58(53-7-5-6-8-59(53)66(67,68)69)65(37-52(60)39-70)72-63-35-50(46-21-13-42(3)14-22-46)27-31-56(63)57-32-28-51(36-64(57)72)47-23-15-43(4)16-24-47/h5-38H,1-4H3. The van der Waals surface area contributed by atoms with Gasteiger partial charge in [-0.2, -0.15) is 18.4 Å². The summed E-state index contributed by atoms with van der Waals surface area (Å²) in [5.74, 6) is 0. The van der Waals surface area contributed by atoms with Crippen LogP contribution in [0.1, 0.15) is 33.4 Å². The molecule has 2 aromatic heterocycles. The van der Waals surface area contributed by atoms with E-state index in [0.717, 1.165) is 116 Å². The fourth-order valence-electron chi connectivity index (χ4n) is 10.5. The van der Waals surface area contributed by atoms with Crippen LogP contribution in [0.15, 0.2) is 206 Å². The van der Waals surface area contributed by atoms with E-state index in [2.05, 4.69) is 213 Å². The van der Waals surface area contributed by atoms with Gasteiger partial charge in [-0.3, -0.25) is 0 Å². The Morgan fingerprint density at radius 3 is 1.00 bits per heavy atom. The summed E-state index contributed by atoms with van der Waals surface area (Å²) in [5.41, 5.74) is 16.5. The van der Waals surface area contributed by atoms with Crippen LogP contribution >= 0.6 is 0 Å². The minimum atomic E-state index is -4.70. The first kappa shape index (κ1) is 44.3. The monoisotopic (exact) mass is 937 g/mol. The number of fused-ring (bicyclic) bond motifs is 6. The van der Waals surface area contributed by atoms with Gasteiger partial charge in [-0.05, 0) is 120 Å². The second kappa shape index (κ2) is 17.2. The summed E-state index contributed by atoms with van der Waals surface area (Å²) in [6.45, 7) is 8.23. The SMILES string of the molecule is Cc1ccc(-c2ccc3c4ccc(-c5ccc(C)cc5)cc4n(-c4cc(-c5ccccc5C(F)(F)F)c(-n5c6cc(-c7ccc(C)cc7)ccc6c6ccc(-c7ccc(C)cc7)cc65)cc4C#N)c3c2)cc1. The van der Waals surface area contributed by atoms with Crippen LogP contribution in [-0.4, -0.2) is 9.13 Å². The third kappa shape index (κ3) is 7.62. The van der Waals surface area contributed by atoms with Crippen LogP contribution in [0.25, 0.3) is 111 Å². The number of nitrogens with zero attached hydrogens (tertiary/aromatic N) is 3. The van der Waals surface area contributed by atoms with Gasteiger partial charge in [0.05, 0.1) is 44.6 Å². The van der Waals surface area contributed by atoms with Gasteiger partial charge >= 0.3 is 6.18 Å². The van der Waals surface area contributed by atoms with Gasteiger partial charge in [-0.25, -0.2) is 0 Å². The lowest BCUT2D eigenvalue weighted by atomic mass is 9.94. The van der Waals surface area contributed by atoms with Gasteiger partial charge in [0.2, 0.25) is 0 Å². The molecule has 0 unspecified atom stereocenters. The molecule has 2 heterocycles. The number of hydrogen-bond acceptors (Lipinski definition) is 1. The summed E-state index contributed by atoms with van der Waals surface area (Å²) < 4.78 is 50.9. The van der Waals surface area contributed by atoms with E-state index in [1.54, 1.807) is 18.2 Å². The predicted molar refractivity (Wildman–Crippen MR) is 291 cm³/mol. The molecule has 3 nitrogen and oxygen atoms in total. The first-order chi connectivity index (χ1) is 34.9. The van der Waals surface area contributed by atoms with Crippen LogP contribution in [0.4, 0.5) is 13.2 Å². The Morgan fingerprint density at radius 2 is 0.667 bits per heavy atom. The number of halogens is 3. The van der Waals surface area contributed by atoms with Crippen molar-refractivity contribution in [3.05, 3.63) is 240 Å². The van der Waals surface area contributed by atoms with Gasteiger partial charge in [-0.15, -0.1) is 0 Å². The molecule has 6 heteroatoms. The maximum absolute atomic E-state index is 15.6. The second-order valence-corrected chi connectivity index (χ2v) is 19.1. The summed E-state index contributed by atoms with van der Waals surface area (Å²) in [6.07, 6.45) is -4.70. The fraction of sp³-hybridized carbons (Fsp3) is 0.0758. The van der Waals surface area contributed by atoms with E-state index in [-0.39, 0.29) is 5.56 Å². The molecule has 0 N–H and O–H groups in total. The van der Waals surface area contributed by atoms with Gasteiger partial charge in [0.1, 0.15) is 6.07 Å². The third-order valence-corrected chi connectivity index (χ3v) is 14.3. The van der Waals surface area contributed by atoms with Crippen molar-refractivity contribution in [1.82, 2.24) is 9.13 Å². The van der Waals surface area contributed by atoms with Crippen LogP contribution in [0.5, 0.6) is 0 Å². The molecule has 12 rings (SSSR count). The number of aromatic nitrogens is 2. The lowest BCUT2D eigenvalue weighted by Gasteiger charge is -2.21. The van der Waals surface area contributed by atoms with Crippen LogP contribution in [0, 0.1) is 39.0 Å². The second-order valence-electron chi connectivity index (χ2n) is 19.1. The molecule has 10 aromatic carbocycles. The molecule has 0 aliphatic rings. The number of aryl methyl sites for hydroxylation is 4. The zero-order valence-electron chi connectivity index (χ0n) is 40.1. The Morgan fingerprint density at radius 1 is 0.347 bits per heavy atom. The molecule has 0 saturated heterocycles. The first-order valence-corrected chi connectivity index (χ1v) is 24.1. The molecular formula is C66H46F3N3. The summed E-state index contributed by atoms with van der Waals surface area (Å²) in [7, 11) is 0. The van der Waals surface area contributed by atoms with E-state index in [0.29, 0.717) is 22.5 Å². The summed E-state index contributed by atoms with van der Waals surface area (Å²) in [6, 6.07) is 70.8. The lowest BCUT2D eigenvalue weighted by Crippen LogP contribution is -2.09. The highest BCUT2D eigenvalue weighted by atomic mass is 19.4. The van der Waals surface area contributed by atoms with Crippen LogP contribution in [-0.2, 0) is 6.18 Å². The highest BCUT2D eigenvalue weighted by Gasteiger charge is 2.35. The first-order valence-electron chi connectivity index (χ1n) is 24.1. The molecule has 12 aromatic rings. The van der Waals surface area contributed by atoms with Crippen molar-refractivity contribution in [1.29, 1.82) is 5.26 Å². The van der Waals surface area contributed by atoms with E-state index in [1.165, 1.54) is 6.07 Å². The normalized spacial score (nSPS) is 11.8. The van der Waals surface area contributed by atoms with Crippen molar-refractivity contribution in [3.63, 3.8) is 0 Å². The molecular weight excluding hydrogens is 892 g/mol. The van der Waals surface area contributed by atoms with E-state index >= 15 is 13.2 Å². The maximum Gasteiger partial charge on any atom is 0.417 e. The Kier molecular flexibility index (Phi) is 10.6. The molecule has 0 aliphatic carbocycles. The van der Waals surface area contributed by atoms with E-state index in [1.807, 2.05) is 6.07 Å². The molecule has 0 spiro atoms. The average molecular weight is 938 g/mol. The Bertz CT molecular complexity index is 3940. The summed E-state index contributed by atoms with van der Waals surface area (Å²) >= 11 is 0. The minimum Gasteiger partial charge on any atom is -0.309 e. The zero-order chi connectivity index (χ0) is 49.4. The predicted octanol–water partition coefficient (Wildman–Crippen LogP) is 18.3. The third-order valence-electron chi connectivity index (χ3n) is 14.3. The molecule has 72 heavy (non-hydrogen) atoms. The molecule has 0 fully saturated rings. The lowest BCUT2D eigenvalue weighted by molar-refractivity contribution is -0.137. The number of hydrogen-bond donors (Lipinski definition) is 0. The molecule has 0 bridgehead atoms. The fourth-order valence-corrected chi connectivity index (χ4v) is 10.5. The van der Waals surface area contributed by atoms with Gasteiger partial charge in [0.25, 0.3) is 0 Å². The molecule has 0 atom stereocenters. The molecule has 0 amide bonds. The highest BCUT2D eigenvalue weighted by molar-refractivity contribution is 6.13. The van der Waals surface area contributed by atoms with Crippen LogP contribution in [0.3, 0.4) is 0 Å². The van der Waals surface area contributed by atoms with Gasteiger partial charge < -0.3 is 9.13 Å².